The predicted octanol–water partition coefficient (Wildman–Crippen LogP) is 3.51. The number of nitro benzene ring substituents is 1. The highest BCUT2D eigenvalue weighted by Gasteiger charge is 2.23. The van der Waals surface area contributed by atoms with E-state index in [-0.39, 0.29) is 28.0 Å². The van der Waals surface area contributed by atoms with Gasteiger partial charge in [-0.25, -0.2) is 4.79 Å². The first kappa shape index (κ1) is 21.4. The third-order valence-electron chi connectivity index (χ3n) is 3.85. The van der Waals surface area contributed by atoms with E-state index in [1.165, 1.54) is 16.8 Å². The van der Waals surface area contributed by atoms with Crippen molar-refractivity contribution in [3.05, 3.63) is 50.3 Å². The van der Waals surface area contributed by atoms with Gasteiger partial charge in [-0.15, -0.1) is 0 Å². The fourth-order valence-electron chi connectivity index (χ4n) is 2.60. The molecule has 0 saturated carbocycles. The number of aryl methyl sites for hydroxylation is 2. The summed E-state index contributed by atoms with van der Waals surface area (Å²) < 4.78 is 6.53. The molecule has 0 saturated heterocycles. The number of nitro groups is 1. The van der Waals surface area contributed by atoms with Crippen LogP contribution in [-0.2, 0) is 16.1 Å². The van der Waals surface area contributed by atoms with Crippen molar-refractivity contribution in [1.82, 2.24) is 9.78 Å². The van der Waals surface area contributed by atoms with E-state index in [9.17, 15) is 19.7 Å². The molecule has 150 valence electrons. The monoisotopic (exact) mass is 408 g/mol. The molecule has 0 atom stereocenters. The Labute approximate surface area is 166 Å². The molecule has 9 nitrogen and oxygen atoms in total. The van der Waals surface area contributed by atoms with Crippen LogP contribution in [0.5, 0.6) is 0 Å². The molecule has 1 aromatic heterocycles. The minimum absolute atomic E-state index is 0.0625. The Morgan fingerprint density at radius 3 is 2.64 bits per heavy atom. The maximum absolute atomic E-state index is 12.3. The molecule has 0 aliphatic carbocycles. The van der Waals surface area contributed by atoms with Crippen molar-refractivity contribution in [1.29, 1.82) is 0 Å². The van der Waals surface area contributed by atoms with Crippen LogP contribution in [0.2, 0.25) is 5.15 Å². The van der Waals surface area contributed by atoms with Crippen LogP contribution in [0.15, 0.2) is 18.2 Å². The second-order valence-corrected chi connectivity index (χ2v) is 7.04. The minimum Gasteiger partial charge on any atom is -0.452 e. The van der Waals surface area contributed by atoms with Gasteiger partial charge in [-0.3, -0.25) is 19.6 Å². The van der Waals surface area contributed by atoms with Gasteiger partial charge in [0.1, 0.15) is 16.4 Å². The standard InChI is InChI=1S/C18H21ClN4O5/c1-10(2)8-22-17(19)15(12(4)21-22)18(25)28-9-14(24)20-16-11(3)6-5-7-13(16)23(26)27/h5-7,10H,8-9H2,1-4H3,(H,20,24). The molecule has 0 aliphatic rings. The third kappa shape index (κ3) is 4.86. The molecule has 0 aliphatic heterocycles. The number of hydrogen-bond donors (Lipinski definition) is 1. The Hall–Kier alpha value is -2.94. The second-order valence-electron chi connectivity index (χ2n) is 6.68. The lowest BCUT2D eigenvalue weighted by atomic mass is 10.1. The number of para-hydroxylation sites is 1. The lowest BCUT2D eigenvalue weighted by Crippen LogP contribution is -2.22. The first-order valence-corrected chi connectivity index (χ1v) is 8.93. The average molecular weight is 409 g/mol. The van der Waals surface area contributed by atoms with Crippen LogP contribution in [-0.4, -0.2) is 33.2 Å². The van der Waals surface area contributed by atoms with Gasteiger partial charge in [0, 0.05) is 12.6 Å². The van der Waals surface area contributed by atoms with Gasteiger partial charge < -0.3 is 10.1 Å². The van der Waals surface area contributed by atoms with Gasteiger partial charge in [0.25, 0.3) is 11.6 Å². The highest BCUT2D eigenvalue weighted by Crippen LogP contribution is 2.27. The fraction of sp³-hybridized carbons (Fsp3) is 0.389. The Bertz CT molecular complexity index is 923. The molecule has 28 heavy (non-hydrogen) atoms. The Morgan fingerprint density at radius 1 is 1.36 bits per heavy atom. The zero-order valence-corrected chi connectivity index (χ0v) is 16.7. The van der Waals surface area contributed by atoms with E-state index in [1.807, 2.05) is 13.8 Å². The first-order valence-electron chi connectivity index (χ1n) is 8.55. The van der Waals surface area contributed by atoms with Crippen LogP contribution >= 0.6 is 11.6 Å². The molecule has 1 heterocycles. The summed E-state index contributed by atoms with van der Waals surface area (Å²) in [4.78, 5) is 35.0. The molecule has 0 bridgehead atoms. The van der Waals surface area contributed by atoms with Crippen LogP contribution in [0.1, 0.15) is 35.5 Å². The summed E-state index contributed by atoms with van der Waals surface area (Å²) in [5, 5.41) is 17.9. The molecule has 2 aromatic rings. The number of nitrogens with zero attached hydrogens (tertiary/aromatic N) is 3. The highest BCUT2D eigenvalue weighted by atomic mass is 35.5. The molecule has 0 radical (unpaired) electrons. The molecule has 0 spiro atoms. The molecule has 1 N–H and O–H groups in total. The van der Waals surface area contributed by atoms with Gasteiger partial charge in [-0.2, -0.15) is 5.10 Å². The molecular formula is C18H21ClN4O5. The highest BCUT2D eigenvalue weighted by molar-refractivity contribution is 6.32. The number of nitrogens with one attached hydrogen (secondary N) is 1. The summed E-state index contributed by atoms with van der Waals surface area (Å²) in [6.07, 6.45) is 0. The van der Waals surface area contributed by atoms with Gasteiger partial charge in [0.05, 0.1) is 10.6 Å². The Kier molecular flexibility index (Phi) is 6.74. The van der Waals surface area contributed by atoms with Crippen molar-refractivity contribution in [2.45, 2.75) is 34.2 Å². The summed E-state index contributed by atoms with van der Waals surface area (Å²) in [5.41, 5.74) is 0.825. The number of benzene rings is 1. The number of ether oxygens (including phenoxy) is 1. The summed E-state index contributed by atoms with van der Waals surface area (Å²) in [6, 6.07) is 4.42. The molecule has 10 heteroatoms. The van der Waals surface area contributed by atoms with Crippen LogP contribution in [0.3, 0.4) is 0 Å². The van der Waals surface area contributed by atoms with E-state index in [2.05, 4.69) is 10.4 Å². The van der Waals surface area contributed by atoms with E-state index in [1.54, 1.807) is 19.9 Å². The maximum atomic E-state index is 12.3. The van der Waals surface area contributed by atoms with E-state index in [0.717, 1.165) is 0 Å². The smallest absolute Gasteiger partial charge is 0.343 e. The van der Waals surface area contributed by atoms with E-state index in [0.29, 0.717) is 17.8 Å². The summed E-state index contributed by atoms with van der Waals surface area (Å²) >= 11 is 6.21. The van der Waals surface area contributed by atoms with Crippen molar-refractivity contribution < 1.29 is 19.2 Å². The van der Waals surface area contributed by atoms with Gasteiger partial charge in [0.15, 0.2) is 6.61 Å². The summed E-state index contributed by atoms with van der Waals surface area (Å²) in [6.45, 7) is 7.14. The fourth-order valence-corrected chi connectivity index (χ4v) is 2.92. The van der Waals surface area contributed by atoms with Crippen molar-refractivity contribution in [2.75, 3.05) is 11.9 Å². The molecule has 1 amide bonds. The molecular weight excluding hydrogens is 388 g/mol. The van der Waals surface area contributed by atoms with E-state index in [4.69, 9.17) is 16.3 Å². The quantitative estimate of drug-likeness (QED) is 0.425. The van der Waals surface area contributed by atoms with Gasteiger partial charge >= 0.3 is 5.97 Å². The Morgan fingerprint density at radius 2 is 2.04 bits per heavy atom. The summed E-state index contributed by atoms with van der Waals surface area (Å²) in [7, 11) is 0. The maximum Gasteiger partial charge on any atom is 0.343 e. The largest absolute Gasteiger partial charge is 0.452 e. The SMILES string of the molecule is Cc1cccc([N+](=O)[O-])c1NC(=O)COC(=O)c1c(C)nn(CC(C)C)c1Cl. The van der Waals surface area contributed by atoms with Crippen molar-refractivity contribution in [2.24, 2.45) is 5.92 Å². The topological polar surface area (TPSA) is 116 Å². The van der Waals surface area contributed by atoms with Gasteiger partial charge in [0.2, 0.25) is 0 Å². The number of carbonyl (C=O) groups is 2. The van der Waals surface area contributed by atoms with Crippen LogP contribution in [0.4, 0.5) is 11.4 Å². The molecule has 0 fully saturated rings. The van der Waals surface area contributed by atoms with Crippen molar-refractivity contribution in [3.8, 4) is 0 Å². The summed E-state index contributed by atoms with van der Waals surface area (Å²) in [5.74, 6) is -1.21. The van der Waals surface area contributed by atoms with Gasteiger partial charge in [-0.05, 0) is 25.3 Å². The lowest BCUT2D eigenvalue weighted by Gasteiger charge is -2.09. The van der Waals surface area contributed by atoms with Crippen LogP contribution in [0.25, 0.3) is 0 Å². The van der Waals surface area contributed by atoms with Crippen LogP contribution < -0.4 is 5.32 Å². The van der Waals surface area contributed by atoms with Gasteiger partial charge in [-0.1, -0.05) is 37.6 Å². The zero-order valence-electron chi connectivity index (χ0n) is 16.0. The zero-order chi connectivity index (χ0) is 21.0. The van der Waals surface area contributed by atoms with E-state index < -0.39 is 23.4 Å². The van der Waals surface area contributed by atoms with Crippen molar-refractivity contribution >= 4 is 34.9 Å². The number of hydrogen-bond acceptors (Lipinski definition) is 6. The second kappa shape index (κ2) is 8.83. The number of amides is 1. The first-order chi connectivity index (χ1) is 13.1. The third-order valence-corrected chi connectivity index (χ3v) is 4.24. The minimum atomic E-state index is -0.785. The molecule has 0 unspecified atom stereocenters. The number of aromatic nitrogens is 2. The normalized spacial score (nSPS) is 10.8. The lowest BCUT2D eigenvalue weighted by molar-refractivity contribution is -0.384. The number of rotatable bonds is 7. The van der Waals surface area contributed by atoms with E-state index >= 15 is 0 Å². The van der Waals surface area contributed by atoms with Crippen LogP contribution in [0, 0.1) is 29.9 Å². The molecule has 1 aromatic carbocycles. The number of halogens is 1. The van der Waals surface area contributed by atoms with Crippen molar-refractivity contribution in [3.63, 3.8) is 0 Å². The Balaban J connectivity index is 2.07. The number of carbonyl (C=O) groups excluding carboxylic acids is 2. The average Bonchev–Trinajstić information content (AvgIpc) is 2.87. The number of esters is 1. The number of anilines is 1. The molecule has 2 rings (SSSR count). The predicted molar refractivity (Wildman–Crippen MR) is 104 cm³/mol.